The molecule has 0 amide bonds. The van der Waals surface area contributed by atoms with Gasteiger partial charge in [0, 0.05) is 16.2 Å². The first-order chi connectivity index (χ1) is 8.49. The van der Waals surface area contributed by atoms with Crippen LogP contribution in [0.4, 0.5) is 0 Å². The maximum absolute atomic E-state index is 11.6. The lowest BCUT2D eigenvalue weighted by atomic mass is 9.92. The molecule has 0 fully saturated rings. The predicted octanol–water partition coefficient (Wildman–Crippen LogP) is 4.08. The Morgan fingerprint density at radius 3 is 2.39 bits per heavy atom. The van der Waals surface area contributed by atoms with E-state index in [2.05, 4.69) is 0 Å². The topological polar surface area (TPSA) is 37.3 Å². The molecule has 1 aliphatic rings. The van der Waals surface area contributed by atoms with E-state index in [-0.39, 0.29) is 11.5 Å². The van der Waals surface area contributed by atoms with Gasteiger partial charge in [-0.25, -0.2) is 0 Å². The molecule has 0 saturated carbocycles. The zero-order chi connectivity index (χ0) is 13.3. The van der Waals surface area contributed by atoms with Gasteiger partial charge >= 0.3 is 0 Å². The van der Waals surface area contributed by atoms with Gasteiger partial charge in [-0.05, 0) is 49.3 Å². The molecule has 2 nitrogen and oxygen atoms in total. The van der Waals surface area contributed by atoms with Crippen LogP contribution in [-0.4, -0.2) is 10.9 Å². The molecule has 92 valence electrons. The molecule has 18 heavy (non-hydrogen) atoms. The highest BCUT2D eigenvalue weighted by molar-refractivity contribution is 6.30. The molecule has 0 aromatic heterocycles. The number of hydrogen-bond acceptors (Lipinski definition) is 2. The number of Topliss-reactive ketones (excluding diaryl/α,β-unsaturated/α-hetero) is 1. The van der Waals surface area contributed by atoms with Crippen molar-refractivity contribution in [3.8, 4) is 0 Å². The Balaban J connectivity index is 2.45. The van der Waals surface area contributed by atoms with E-state index in [1.165, 1.54) is 0 Å². The monoisotopic (exact) mass is 260 g/mol. The quantitative estimate of drug-likeness (QED) is 0.826. The molecular formula is C15H13ClO2. The van der Waals surface area contributed by atoms with Gasteiger partial charge in [0.1, 0.15) is 0 Å². The molecule has 0 unspecified atom stereocenters. The summed E-state index contributed by atoms with van der Waals surface area (Å²) in [6, 6.07) is 7.38. The van der Waals surface area contributed by atoms with Crippen LogP contribution in [0.1, 0.15) is 19.4 Å². The molecule has 1 N–H and O–H groups in total. The fraction of sp³-hybridized carbons (Fsp3) is 0.133. The number of hydrogen-bond donors (Lipinski definition) is 1. The number of carbonyl (C=O) groups excluding carboxylic acids is 1. The molecule has 0 saturated heterocycles. The second-order valence-electron chi connectivity index (χ2n) is 4.28. The van der Waals surface area contributed by atoms with Gasteiger partial charge in [-0.3, -0.25) is 4.79 Å². The molecule has 0 spiro atoms. The molecule has 1 aromatic carbocycles. The Labute approximate surface area is 111 Å². The van der Waals surface area contributed by atoms with Gasteiger partial charge < -0.3 is 5.11 Å². The fourth-order valence-electron chi connectivity index (χ4n) is 1.79. The number of carbonyl (C=O) groups is 1. The van der Waals surface area contributed by atoms with Gasteiger partial charge in [-0.2, -0.15) is 0 Å². The van der Waals surface area contributed by atoms with Gasteiger partial charge in [-0.15, -0.1) is 0 Å². The summed E-state index contributed by atoms with van der Waals surface area (Å²) < 4.78 is 0. The van der Waals surface area contributed by atoms with Crippen molar-refractivity contribution in [2.45, 2.75) is 13.8 Å². The molecule has 2 rings (SSSR count). The van der Waals surface area contributed by atoms with Crippen molar-refractivity contribution in [2.75, 3.05) is 0 Å². The van der Waals surface area contributed by atoms with E-state index in [9.17, 15) is 9.90 Å². The van der Waals surface area contributed by atoms with Gasteiger partial charge in [0.05, 0.1) is 0 Å². The van der Waals surface area contributed by atoms with E-state index in [4.69, 9.17) is 11.6 Å². The van der Waals surface area contributed by atoms with E-state index >= 15 is 0 Å². The van der Waals surface area contributed by atoms with Crippen LogP contribution < -0.4 is 0 Å². The van der Waals surface area contributed by atoms with E-state index in [1.807, 2.05) is 18.2 Å². The minimum Gasteiger partial charge on any atom is -0.504 e. The number of allylic oxidation sites excluding steroid dienone is 4. The van der Waals surface area contributed by atoms with Crippen LogP contribution in [0.5, 0.6) is 0 Å². The normalized spacial score (nSPS) is 18.3. The zero-order valence-electron chi connectivity index (χ0n) is 10.2. The summed E-state index contributed by atoms with van der Waals surface area (Å²) in [5.41, 5.74) is 2.95. The molecule has 0 bridgehead atoms. The third kappa shape index (κ3) is 2.39. The van der Waals surface area contributed by atoms with Crippen molar-refractivity contribution in [2.24, 2.45) is 0 Å². The minimum atomic E-state index is -0.305. The first kappa shape index (κ1) is 12.7. The number of aliphatic hydroxyl groups excluding tert-OH is 1. The van der Waals surface area contributed by atoms with E-state index < -0.39 is 0 Å². The SMILES string of the molecule is CC1=C/C(=C/c2ccc(Cl)cc2)C(C)=C(O)C1=O. The summed E-state index contributed by atoms with van der Waals surface area (Å²) in [7, 11) is 0. The van der Waals surface area contributed by atoms with Crippen LogP contribution in [-0.2, 0) is 4.79 Å². The van der Waals surface area contributed by atoms with Crippen LogP contribution in [0.25, 0.3) is 6.08 Å². The number of rotatable bonds is 1. The van der Waals surface area contributed by atoms with E-state index in [1.54, 1.807) is 32.1 Å². The largest absolute Gasteiger partial charge is 0.504 e. The summed E-state index contributed by atoms with van der Waals surface area (Å²) in [4.78, 5) is 11.6. The third-order valence-corrected chi connectivity index (χ3v) is 3.18. The summed E-state index contributed by atoms with van der Waals surface area (Å²) in [5.74, 6) is -0.476. The maximum Gasteiger partial charge on any atom is 0.223 e. The van der Waals surface area contributed by atoms with Crippen molar-refractivity contribution in [1.82, 2.24) is 0 Å². The van der Waals surface area contributed by atoms with Gasteiger partial charge in [0.15, 0.2) is 5.76 Å². The Bertz CT molecular complexity index is 589. The Hall–Kier alpha value is -1.80. The third-order valence-electron chi connectivity index (χ3n) is 2.93. The Morgan fingerprint density at radius 1 is 1.17 bits per heavy atom. The Kier molecular flexibility index (Phi) is 3.39. The Morgan fingerprint density at radius 2 is 1.78 bits per heavy atom. The smallest absolute Gasteiger partial charge is 0.223 e. The van der Waals surface area contributed by atoms with Gasteiger partial charge in [0.2, 0.25) is 5.78 Å². The van der Waals surface area contributed by atoms with Crippen LogP contribution in [0.15, 0.2) is 52.8 Å². The highest BCUT2D eigenvalue weighted by Crippen LogP contribution is 2.26. The minimum absolute atomic E-state index is 0.171. The van der Waals surface area contributed by atoms with E-state index in [0.29, 0.717) is 16.2 Å². The number of benzene rings is 1. The van der Waals surface area contributed by atoms with Crippen LogP contribution in [0, 0.1) is 0 Å². The number of halogens is 1. The second-order valence-corrected chi connectivity index (χ2v) is 4.72. The van der Waals surface area contributed by atoms with Gasteiger partial charge in [-0.1, -0.05) is 23.7 Å². The van der Waals surface area contributed by atoms with Crippen LogP contribution >= 0.6 is 11.6 Å². The lowest BCUT2D eigenvalue weighted by Crippen LogP contribution is -2.11. The zero-order valence-corrected chi connectivity index (χ0v) is 11.0. The standard InChI is InChI=1S/C15H13ClO2/c1-9-7-12(10(2)15(18)14(9)17)8-11-3-5-13(16)6-4-11/h3-8,18H,1-2H3/b12-8-. The first-order valence-electron chi connectivity index (χ1n) is 5.59. The molecule has 3 heteroatoms. The molecule has 1 aliphatic carbocycles. The first-order valence-corrected chi connectivity index (χ1v) is 5.97. The summed E-state index contributed by atoms with van der Waals surface area (Å²) in [6.45, 7) is 3.43. The molecule has 0 radical (unpaired) electrons. The predicted molar refractivity (Wildman–Crippen MR) is 73.5 cm³/mol. The second kappa shape index (κ2) is 4.83. The molecule has 0 aliphatic heterocycles. The molecule has 1 aromatic rings. The molecular weight excluding hydrogens is 248 g/mol. The average molecular weight is 261 g/mol. The number of ketones is 1. The average Bonchev–Trinajstić information content (AvgIpc) is 2.36. The lowest BCUT2D eigenvalue weighted by Gasteiger charge is -2.14. The van der Waals surface area contributed by atoms with Crippen molar-refractivity contribution in [3.05, 3.63) is 63.4 Å². The van der Waals surface area contributed by atoms with Crippen LogP contribution in [0.3, 0.4) is 0 Å². The van der Waals surface area contributed by atoms with Crippen molar-refractivity contribution in [3.63, 3.8) is 0 Å². The maximum atomic E-state index is 11.6. The van der Waals surface area contributed by atoms with Crippen molar-refractivity contribution >= 4 is 23.5 Å². The van der Waals surface area contributed by atoms with Crippen molar-refractivity contribution < 1.29 is 9.90 Å². The summed E-state index contributed by atoms with van der Waals surface area (Å²) >= 11 is 5.82. The highest BCUT2D eigenvalue weighted by atomic mass is 35.5. The fourth-order valence-corrected chi connectivity index (χ4v) is 1.92. The highest BCUT2D eigenvalue weighted by Gasteiger charge is 2.20. The molecule has 0 atom stereocenters. The van der Waals surface area contributed by atoms with E-state index in [0.717, 1.165) is 11.1 Å². The lowest BCUT2D eigenvalue weighted by molar-refractivity contribution is -0.114. The van der Waals surface area contributed by atoms with Crippen LogP contribution in [0.2, 0.25) is 5.02 Å². The van der Waals surface area contributed by atoms with Gasteiger partial charge in [0.25, 0.3) is 0 Å². The summed E-state index contributed by atoms with van der Waals surface area (Å²) in [6.07, 6.45) is 3.70. The summed E-state index contributed by atoms with van der Waals surface area (Å²) in [5, 5.41) is 10.4. The van der Waals surface area contributed by atoms with Crippen molar-refractivity contribution in [1.29, 1.82) is 0 Å². The molecule has 0 heterocycles. The number of aliphatic hydroxyl groups is 1.